The van der Waals surface area contributed by atoms with Crippen LogP contribution in [-0.4, -0.2) is 0 Å². The van der Waals surface area contributed by atoms with Crippen LogP contribution < -0.4 is 0 Å². The monoisotopic (exact) mass is 378 g/mol. The Morgan fingerprint density at radius 1 is 0.393 bits per heavy atom. The molecule has 0 saturated carbocycles. The van der Waals surface area contributed by atoms with Gasteiger partial charge in [0.15, 0.2) is 0 Å². The molecule has 0 amide bonds. The Balaban J connectivity index is 2.40. The Bertz CT molecular complexity index is 581. The summed E-state index contributed by atoms with van der Waals surface area (Å²) in [7, 11) is 0. The molecule has 0 N–H and O–H groups in total. The zero-order chi connectivity index (χ0) is 20.2. The highest BCUT2D eigenvalue weighted by Gasteiger charge is 2.08. The number of unbranched alkanes of at least 4 members (excludes halogenated alkanes) is 4. The molecule has 154 valence electrons. The first-order valence-corrected chi connectivity index (χ1v) is 12.0. The van der Waals surface area contributed by atoms with Crippen molar-refractivity contribution in [2.75, 3.05) is 0 Å². The smallest absolute Gasteiger partial charge is 0.0178 e. The summed E-state index contributed by atoms with van der Waals surface area (Å²) < 4.78 is 0. The number of hydrogen-bond acceptors (Lipinski definition) is 0. The standard InChI is InChI=1S/C28H42/c1-5-9-13-23-17-24(14-10-6-2)20-27(19-23)28-21-25(15-11-7-3)18-26(22-28)16-12-8-4/h17-22H,5-16H2,1-4H3. The van der Waals surface area contributed by atoms with Gasteiger partial charge in [0.05, 0.1) is 0 Å². The van der Waals surface area contributed by atoms with E-state index < -0.39 is 0 Å². The van der Waals surface area contributed by atoms with Crippen molar-refractivity contribution in [2.45, 2.75) is 105 Å². The van der Waals surface area contributed by atoms with Gasteiger partial charge in [0.1, 0.15) is 0 Å². The lowest BCUT2D eigenvalue weighted by molar-refractivity contribution is 0.779. The minimum absolute atomic E-state index is 1.21. The molecule has 0 aromatic heterocycles. The molecule has 0 aliphatic rings. The summed E-state index contributed by atoms with van der Waals surface area (Å²) in [6, 6.07) is 14.8. The molecule has 0 aliphatic carbocycles. The Kier molecular flexibility index (Phi) is 10.4. The molecule has 0 nitrogen and oxygen atoms in total. The maximum Gasteiger partial charge on any atom is -0.0178 e. The molecule has 0 aliphatic heterocycles. The van der Waals surface area contributed by atoms with Crippen LogP contribution in [0.4, 0.5) is 0 Å². The molecule has 0 heterocycles. The fourth-order valence-electron chi connectivity index (χ4n) is 3.96. The molecule has 28 heavy (non-hydrogen) atoms. The predicted molar refractivity (Wildman–Crippen MR) is 126 cm³/mol. The van der Waals surface area contributed by atoms with Crippen molar-refractivity contribution in [1.82, 2.24) is 0 Å². The van der Waals surface area contributed by atoms with Gasteiger partial charge in [0.25, 0.3) is 0 Å². The van der Waals surface area contributed by atoms with Crippen molar-refractivity contribution in [2.24, 2.45) is 0 Å². The van der Waals surface area contributed by atoms with Gasteiger partial charge in [-0.1, -0.05) is 89.8 Å². The van der Waals surface area contributed by atoms with Crippen LogP contribution in [0.3, 0.4) is 0 Å². The second kappa shape index (κ2) is 12.8. The first kappa shape index (κ1) is 22.7. The van der Waals surface area contributed by atoms with Crippen LogP contribution in [0.15, 0.2) is 36.4 Å². The summed E-state index contributed by atoms with van der Waals surface area (Å²) in [4.78, 5) is 0. The van der Waals surface area contributed by atoms with Crippen molar-refractivity contribution in [3.8, 4) is 11.1 Å². The van der Waals surface area contributed by atoms with Gasteiger partial charge in [0.2, 0.25) is 0 Å². The molecule has 0 fully saturated rings. The second-order valence-corrected chi connectivity index (χ2v) is 8.49. The van der Waals surface area contributed by atoms with Crippen LogP contribution in [0.5, 0.6) is 0 Å². The molecule has 0 bridgehead atoms. The first-order valence-electron chi connectivity index (χ1n) is 12.0. The normalized spacial score (nSPS) is 11.1. The third-order valence-corrected chi connectivity index (χ3v) is 5.71. The number of benzene rings is 2. The Morgan fingerprint density at radius 2 is 0.643 bits per heavy atom. The lowest BCUT2D eigenvalue weighted by Gasteiger charge is -2.14. The minimum atomic E-state index is 1.21. The highest BCUT2D eigenvalue weighted by atomic mass is 14.1. The number of rotatable bonds is 13. The van der Waals surface area contributed by atoms with Crippen molar-refractivity contribution in [3.63, 3.8) is 0 Å². The molecule has 2 aromatic rings. The predicted octanol–water partition coefficient (Wildman–Crippen LogP) is 8.72. The zero-order valence-electron chi connectivity index (χ0n) is 18.9. The van der Waals surface area contributed by atoms with Crippen LogP contribution in [0.25, 0.3) is 11.1 Å². The summed E-state index contributed by atoms with van der Waals surface area (Å²) >= 11 is 0. The Morgan fingerprint density at radius 3 is 0.857 bits per heavy atom. The van der Waals surface area contributed by atoms with Gasteiger partial charge in [-0.25, -0.2) is 0 Å². The Labute approximate surface area is 174 Å². The molecule has 0 atom stereocenters. The van der Waals surface area contributed by atoms with E-state index in [9.17, 15) is 0 Å². The van der Waals surface area contributed by atoms with E-state index in [0.717, 1.165) is 0 Å². The zero-order valence-corrected chi connectivity index (χ0v) is 18.9. The summed E-state index contributed by atoms with van der Waals surface area (Å²) in [5.41, 5.74) is 8.99. The molecule has 0 spiro atoms. The van der Waals surface area contributed by atoms with Gasteiger partial charge < -0.3 is 0 Å². The minimum Gasteiger partial charge on any atom is -0.0654 e. The molecule has 2 rings (SSSR count). The topological polar surface area (TPSA) is 0 Å². The van der Waals surface area contributed by atoms with Crippen molar-refractivity contribution in [3.05, 3.63) is 58.7 Å². The highest BCUT2D eigenvalue weighted by Crippen LogP contribution is 2.28. The van der Waals surface area contributed by atoms with E-state index in [1.165, 1.54) is 110 Å². The van der Waals surface area contributed by atoms with E-state index in [4.69, 9.17) is 0 Å². The molecular formula is C28H42. The van der Waals surface area contributed by atoms with Gasteiger partial charge in [-0.3, -0.25) is 0 Å². The summed E-state index contributed by atoms with van der Waals surface area (Å²) in [5.74, 6) is 0. The summed E-state index contributed by atoms with van der Waals surface area (Å²) in [6.07, 6.45) is 15.1. The lowest BCUT2D eigenvalue weighted by Crippen LogP contribution is -1.95. The largest absolute Gasteiger partial charge is 0.0654 e. The third-order valence-electron chi connectivity index (χ3n) is 5.71. The Hall–Kier alpha value is -1.56. The van der Waals surface area contributed by atoms with Crippen LogP contribution in [0.1, 0.15) is 101 Å². The van der Waals surface area contributed by atoms with E-state index in [2.05, 4.69) is 64.1 Å². The maximum atomic E-state index is 2.47. The first-order chi connectivity index (χ1) is 13.7. The van der Waals surface area contributed by atoms with Crippen LogP contribution in [0.2, 0.25) is 0 Å². The molecule has 0 heteroatoms. The number of aryl methyl sites for hydroxylation is 4. The molecule has 0 unspecified atom stereocenters. The summed E-state index contributed by atoms with van der Waals surface area (Å²) in [5, 5.41) is 0. The maximum absolute atomic E-state index is 2.47. The van der Waals surface area contributed by atoms with E-state index in [-0.39, 0.29) is 0 Å². The fourth-order valence-corrected chi connectivity index (χ4v) is 3.96. The van der Waals surface area contributed by atoms with Gasteiger partial charge in [-0.2, -0.15) is 0 Å². The molecule has 2 aromatic carbocycles. The average molecular weight is 379 g/mol. The van der Waals surface area contributed by atoms with Crippen LogP contribution >= 0.6 is 0 Å². The molecule has 0 saturated heterocycles. The van der Waals surface area contributed by atoms with E-state index in [0.29, 0.717) is 0 Å². The van der Waals surface area contributed by atoms with Crippen LogP contribution in [0, 0.1) is 0 Å². The fraction of sp³-hybridized carbons (Fsp3) is 0.571. The SMILES string of the molecule is CCCCc1cc(CCCC)cc(-c2cc(CCCC)cc(CCCC)c2)c1. The molecule has 0 radical (unpaired) electrons. The second-order valence-electron chi connectivity index (χ2n) is 8.49. The van der Waals surface area contributed by atoms with Crippen LogP contribution in [-0.2, 0) is 25.7 Å². The van der Waals surface area contributed by atoms with E-state index in [1.54, 1.807) is 0 Å². The lowest BCUT2D eigenvalue weighted by atomic mass is 9.92. The van der Waals surface area contributed by atoms with Crippen molar-refractivity contribution in [1.29, 1.82) is 0 Å². The van der Waals surface area contributed by atoms with Gasteiger partial charge >= 0.3 is 0 Å². The number of hydrogen-bond donors (Lipinski definition) is 0. The molecular weight excluding hydrogens is 336 g/mol. The van der Waals surface area contributed by atoms with Gasteiger partial charge in [-0.15, -0.1) is 0 Å². The van der Waals surface area contributed by atoms with Gasteiger partial charge in [-0.05, 0) is 84.7 Å². The quantitative estimate of drug-likeness (QED) is 0.327. The van der Waals surface area contributed by atoms with E-state index in [1.807, 2.05) is 0 Å². The average Bonchev–Trinajstić information content (AvgIpc) is 2.73. The van der Waals surface area contributed by atoms with Gasteiger partial charge in [0, 0.05) is 0 Å². The third kappa shape index (κ3) is 7.46. The van der Waals surface area contributed by atoms with Crippen molar-refractivity contribution < 1.29 is 0 Å². The summed E-state index contributed by atoms with van der Waals surface area (Å²) in [6.45, 7) is 9.16. The van der Waals surface area contributed by atoms with Crippen molar-refractivity contribution >= 4 is 0 Å². The highest BCUT2D eigenvalue weighted by molar-refractivity contribution is 5.67. The van der Waals surface area contributed by atoms with E-state index >= 15 is 0 Å².